The number of nitriles is 1. The quantitative estimate of drug-likeness (QED) is 0.618. The lowest BCUT2D eigenvalue weighted by Gasteiger charge is -2.13. The Morgan fingerprint density at radius 2 is 2.12 bits per heavy atom. The molecule has 2 aromatic rings. The lowest BCUT2D eigenvalue weighted by Crippen LogP contribution is -2.00. The van der Waals surface area contributed by atoms with E-state index in [0.29, 0.717) is 23.7 Å². The fourth-order valence-corrected chi connectivity index (χ4v) is 2.50. The monoisotopic (exact) mass is 357 g/mol. The summed E-state index contributed by atoms with van der Waals surface area (Å²) in [4.78, 5) is 10.9. The van der Waals surface area contributed by atoms with E-state index in [0.717, 1.165) is 11.1 Å². The van der Waals surface area contributed by atoms with Crippen molar-refractivity contribution in [1.29, 1.82) is 5.26 Å². The number of carboxylic acid groups (broad SMARTS) is 1. The molecule has 0 aromatic heterocycles. The number of carbonyl (C=O) groups is 1. The first-order valence-electron chi connectivity index (χ1n) is 7.35. The molecule has 0 atom stereocenters. The highest BCUT2D eigenvalue weighted by Crippen LogP contribution is 2.37. The third kappa shape index (κ3) is 4.75. The van der Waals surface area contributed by atoms with E-state index >= 15 is 0 Å². The van der Waals surface area contributed by atoms with Crippen LogP contribution in [0.1, 0.15) is 16.7 Å². The molecule has 0 amide bonds. The third-order valence-corrected chi connectivity index (χ3v) is 3.66. The van der Waals surface area contributed by atoms with Gasteiger partial charge in [-0.15, -0.1) is 0 Å². The Balaban J connectivity index is 2.31. The number of ether oxygens (including phenoxy) is 2. The first kappa shape index (κ1) is 18.4. The highest BCUT2D eigenvalue weighted by Gasteiger charge is 2.13. The Hall–Kier alpha value is -2.97. The largest absolute Gasteiger partial charge is 0.493 e. The first-order chi connectivity index (χ1) is 11.9. The summed E-state index contributed by atoms with van der Waals surface area (Å²) in [5.74, 6) is -0.594. The molecule has 0 saturated heterocycles. The highest BCUT2D eigenvalue weighted by atomic mass is 35.5. The number of carboxylic acids is 1. The number of nitrogens with zero attached hydrogens (tertiary/aromatic N) is 1. The molecule has 0 aliphatic rings. The van der Waals surface area contributed by atoms with Crippen molar-refractivity contribution in [1.82, 2.24) is 0 Å². The van der Waals surface area contributed by atoms with Crippen molar-refractivity contribution in [3.05, 3.63) is 63.7 Å². The van der Waals surface area contributed by atoms with E-state index in [-0.39, 0.29) is 5.02 Å². The average Bonchev–Trinajstić information content (AvgIpc) is 2.58. The number of halogens is 1. The van der Waals surface area contributed by atoms with Crippen LogP contribution in [0.5, 0.6) is 11.5 Å². The Bertz CT molecular complexity index is 868. The second-order valence-corrected chi connectivity index (χ2v) is 5.69. The SMILES string of the molecule is COc1cc(C=C(C#N)C(=O)O)cc(Cl)c1OCc1cccc(C)c1. The number of aliphatic carboxylic acids is 1. The number of methoxy groups -OCH3 is 1. The predicted molar refractivity (Wildman–Crippen MR) is 94.7 cm³/mol. The molecular weight excluding hydrogens is 342 g/mol. The molecule has 0 aliphatic heterocycles. The summed E-state index contributed by atoms with van der Waals surface area (Å²) in [5, 5.41) is 18.1. The van der Waals surface area contributed by atoms with Gasteiger partial charge in [0.2, 0.25) is 0 Å². The maximum atomic E-state index is 10.9. The minimum atomic E-state index is -1.31. The van der Waals surface area contributed by atoms with Crippen LogP contribution in [0, 0.1) is 18.3 Å². The van der Waals surface area contributed by atoms with Crippen LogP contribution >= 0.6 is 11.6 Å². The van der Waals surface area contributed by atoms with Crippen LogP contribution in [-0.4, -0.2) is 18.2 Å². The lowest BCUT2D eigenvalue weighted by atomic mass is 10.1. The molecule has 0 bridgehead atoms. The topological polar surface area (TPSA) is 79.5 Å². The van der Waals surface area contributed by atoms with Crippen LogP contribution in [0.25, 0.3) is 6.08 Å². The van der Waals surface area contributed by atoms with Gasteiger partial charge in [-0.2, -0.15) is 5.26 Å². The fraction of sp³-hybridized carbons (Fsp3) is 0.158. The number of aryl methyl sites for hydroxylation is 1. The van der Waals surface area contributed by atoms with Crippen LogP contribution in [0.3, 0.4) is 0 Å². The number of hydrogen-bond donors (Lipinski definition) is 1. The van der Waals surface area contributed by atoms with Gasteiger partial charge in [0.25, 0.3) is 0 Å². The van der Waals surface area contributed by atoms with Gasteiger partial charge in [0.15, 0.2) is 11.5 Å². The molecule has 0 heterocycles. The molecule has 2 aromatic carbocycles. The molecule has 5 nitrogen and oxygen atoms in total. The van der Waals surface area contributed by atoms with Gasteiger partial charge in [0.1, 0.15) is 18.2 Å². The summed E-state index contributed by atoms with van der Waals surface area (Å²) in [6.07, 6.45) is 1.22. The van der Waals surface area contributed by atoms with E-state index < -0.39 is 11.5 Å². The van der Waals surface area contributed by atoms with Crippen LogP contribution in [0.4, 0.5) is 0 Å². The van der Waals surface area contributed by atoms with Crippen LogP contribution in [-0.2, 0) is 11.4 Å². The van der Waals surface area contributed by atoms with Crippen molar-refractivity contribution < 1.29 is 19.4 Å². The summed E-state index contributed by atoms with van der Waals surface area (Å²) in [7, 11) is 1.46. The van der Waals surface area contributed by atoms with Crippen molar-refractivity contribution in [2.24, 2.45) is 0 Å². The summed E-state index contributed by atoms with van der Waals surface area (Å²) in [6.45, 7) is 2.30. The van der Waals surface area contributed by atoms with Gasteiger partial charge >= 0.3 is 5.97 Å². The molecular formula is C19H16ClNO4. The standard InChI is InChI=1S/C19H16ClNO4/c1-12-4-3-5-13(6-12)11-25-18-16(20)8-14(9-17(18)24-2)7-15(10-21)19(22)23/h3-9H,11H2,1-2H3,(H,22,23). The maximum Gasteiger partial charge on any atom is 0.346 e. The van der Waals surface area contributed by atoms with Gasteiger partial charge in [-0.25, -0.2) is 4.79 Å². The van der Waals surface area contributed by atoms with Crippen LogP contribution < -0.4 is 9.47 Å². The van der Waals surface area contributed by atoms with Gasteiger partial charge in [-0.1, -0.05) is 41.4 Å². The van der Waals surface area contributed by atoms with Gasteiger partial charge in [0.05, 0.1) is 12.1 Å². The zero-order valence-electron chi connectivity index (χ0n) is 13.7. The van der Waals surface area contributed by atoms with Gasteiger partial charge in [-0.3, -0.25) is 0 Å². The molecule has 128 valence electrons. The molecule has 0 unspecified atom stereocenters. The molecule has 0 spiro atoms. The van der Waals surface area contributed by atoms with Gasteiger partial charge in [0, 0.05) is 0 Å². The third-order valence-electron chi connectivity index (χ3n) is 3.38. The van der Waals surface area contributed by atoms with Crippen molar-refractivity contribution >= 4 is 23.6 Å². The molecule has 0 fully saturated rings. The van der Waals surface area contributed by atoms with Crippen molar-refractivity contribution in [3.8, 4) is 17.6 Å². The number of benzene rings is 2. The zero-order valence-corrected chi connectivity index (χ0v) is 14.5. The first-order valence-corrected chi connectivity index (χ1v) is 7.73. The zero-order chi connectivity index (χ0) is 18.4. The fourth-order valence-electron chi connectivity index (χ4n) is 2.23. The predicted octanol–water partition coefficient (Wildman–Crippen LogP) is 4.23. The molecule has 2 rings (SSSR count). The number of rotatable bonds is 6. The van der Waals surface area contributed by atoms with E-state index in [1.807, 2.05) is 31.2 Å². The van der Waals surface area contributed by atoms with Gasteiger partial charge in [-0.05, 0) is 36.3 Å². The molecule has 25 heavy (non-hydrogen) atoms. The Morgan fingerprint density at radius 3 is 2.72 bits per heavy atom. The van der Waals surface area contributed by atoms with E-state index in [1.54, 1.807) is 12.1 Å². The summed E-state index contributed by atoms with van der Waals surface area (Å²) in [5.41, 5.74) is 2.15. The summed E-state index contributed by atoms with van der Waals surface area (Å²) in [6, 6.07) is 12.6. The summed E-state index contributed by atoms with van der Waals surface area (Å²) < 4.78 is 11.1. The average molecular weight is 358 g/mol. The molecule has 1 N–H and O–H groups in total. The van der Waals surface area contributed by atoms with E-state index in [9.17, 15) is 4.79 Å². The second kappa shape index (κ2) is 8.22. The lowest BCUT2D eigenvalue weighted by molar-refractivity contribution is -0.132. The van der Waals surface area contributed by atoms with E-state index in [1.165, 1.54) is 19.3 Å². The minimum Gasteiger partial charge on any atom is -0.493 e. The molecule has 6 heteroatoms. The Morgan fingerprint density at radius 1 is 1.36 bits per heavy atom. The smallest absolute Gasteiger partial charge is 0.346 e. The summed E-state index contributed by atoms with van der Waals surface area (Å²) >= 11 is 6.25. The number of hydrogen-bond acceptors (Lipinski definition) is 4. The van der Waals surface area contributed by atoms with Gasteiger partial charge < -0.3 is 14.6 Å². The van der Waals surface area contributed by atoms with Crippen LogP contribution in [0.15, 0.2) is 42.0 Å². The molecule has 0 radical (unpaired) electrons. The highest BCUT2D eigenvalue weighted by molar-refractivity contribution is 6.32. The van der Waals surface area contributed by atoms with E-state index in [2.05, 4.69) is 0 Å². The van der Waals surface area contributed by atoms with Crippen LogP contribution in [0.2, 0.25) is 5.02 Å². The van der Waals surface area contributed by atoms with Crippen molar-refractivity contribution in [2.45, 2.75) is 13.5 Å². The van der Waals surface area contributed by atoms with Crippen molar-refractivity contribution in [2.75, 3.05) is 7.11 Å². The Labute approximate surface area is 150 Å². The molecule has 0 saturated carbocycles. The normalized spacial score (nSPS) is 10.9. The Kier molecular flexibility index (Phi) is 6.04. The van der Waals surface area contributed by atoms with Crippen molar-refractivity contribution in [3.63, 3.8) is 0 Å². The minimum absolute atomic E-state index is 0.265. The second-order valence-electron chi connectivity index (χ2n) is 5.29. The maximum absolute atomic E-state index is 10.9. The van der Waals surface area contributed by atoms with E-state index in [4.69, 9.17) is 31.4 Å². The molecule has 0 aliphatic carbocycles.